The minimum Gasteiger partial charge on any atom is -0.493 e. The lowest BCUT2D eigenvalue weighted by molar-refractivity contribution is -0.125. The molecule has 1 heterocycles. The van der Waals surface area contributed by atoms with Crippen LogP contribution < -0.4 is 31.2 Å². The summed E-state index contributed by atoms with van der Waals surface area (Å²) in [5.41, 5.74) is 8.47. The van der Waals surface area contributed by atoms with Gasteiger partial charge in [0.05, 0.1) is 20.4 Å². The number of hydrogen-bond donors (Lipinski definition) is 4. The van der Waals surface area contributed by atoms with E-state index in [1.807, 2.05) is 19.1 Å². The van der Waals surface area contributed by atoms with Gasteiger partial charge in [0.15, 0.2) is 11.5 Å². The molecule has 1 fully saturated rings. The topological polar surface area (TPSA) is 115 Å². The first kappa shape index (κ1) is 21.9. The molecule has 2 aromatic rings. The minimum absolute atomic E-state index is 0.337. The van der Waals surface area contributed by atoms with Gasteiger partial charge in [-0.2, -0.15) is 0 Å². The number of nitrogens with two attached hydrogens (primary N) is 1. The highest BCUT2D eigenvalue weighted by atomic mass is 32.2. The third-order valence-electron chi connectivity index (χ3n) is 4.73. The predicted octanol–water partition coefficient (Wildman–Crippen LogP) is 1.33. The molecule has 3 rings (SSSR count). The van der Waals surface area contributed by atoms with Gasteiger partial charge in [-0.15, -0.1) is 11.8 Å². The van der Waals surface area contributed by atoms with E-state index in [2.05, 4.69) is 28.1 Å². The Hall–Kier alpha value is -2.75. The molecule has 3 atom stereocenters. The van der Waals surface area contributed by atoms with Gasteiger partial charge in [0, 0.05) is 11.3 Å². The van der Waals surface area contributed by atoms with Crippen LogP contribution in [0, 0.1) is 6.92 Å². The molecule has 9 heteroatoms. The first-order valence-corrected chi connectivity index (χ1v) is 10.5. The van der Waals surface area contributed by atoms with Crippen molar-refractivity contribution in [3.8, 4) is 11.5 Å². The molecule has 0 radical (unpaired) electrons. The number of hydrogen-bond acceptors (Lipinski definition) is 7. The van der Waals surface area contributed by atoms with Crippen molar-refractivity contribution in [1.29, 1.82) is 0 Å². The Balaban J connectivity index is 1.58. The molecule has 30 heavy (non-hydrogen) atoms. The molecule has 8 nitrogen and oxygen atoms in total. The van der Waals surface area contributed by atoms with Crippen LogP contribution in [0.15, 0.2) is 42.5 Å². The van der Waals surface area contributed by atoms with Crippen molar-refractivity contribution >= 4 is 23.6 Å². The van der Waals surface area contributed by atoms with E-state index in [0.29, 0.717) is 22.8 Å². The summed E-state index contributed by atoms with van der Waals surface area (Å²) in [4.78, 5) is 25.2. The normalized spacial score (nSPS) is 20.9. The van der Waals surface area contributed by atoms with Crippen molar-refractivity contribution in [3.05, 3.63) is 59.2 Å². The van der Waals surface area contributed by atoms with Gasteiger partial charge in [-0.1, -0.05) is 29.8 Å². The summed E-state index contributed by atoms with van der Waals surface area (Å²) in [7, 11) is 3.00. The van der Waals surface area contributed by atoms with E-state index in [-0.39, 0.29) is 11.4 Å². The van der Waals surface area contributed by atoms with Crippen LogP contribution in [0.2, 0.25) is 0 Å². The zero-order valence-corrected chi connectivity index (χ0v) is 17.9. The molecular formula is C21H26N4O4S. The second-order valence-corrected chi connectivity index (χ2v) is 7.99. The largest absolute Gasteiger partial charge is 0.493 e. The maximum absolute atomic E-state index is 12.6. The van der Waals surface area contributed by atoms with Crippen LogP contribution >= 0.6 is 11.8 Å². The van der Waals surface area contributed by atoms with Gasteiger partial charge < -0.3 is 25.8 Å². The van der Waals surface area contributed by atoms with Gasteiger partial charge in [0.2, 0.25) is 5.91 Å². The number of ether oxygens (including phenoxy) is 2. The average molecular weight is 431 g/mol. The van der Waals surface area contributed by atoms with Crippen molar-refractivity contribution in [3.63, 3.8) is 0 Å². The molecule has 2 amide bonds. The smallest absolute Gasteiger partial charge is 0.252 e. The van der Waals surface area contributed by atoms with Crippen molar-refractivity contribution in [2.24, 2.45) is 5.73 Å². The molecule has 1 aliphatic heterocycles. The molecule has 0 spiro atoms. The zero-order chi connectivity index (χ0) is 21.7. The lowest BCUT2D eigenvalue weighted by atomic mass is 10.1. The Labute approximate surface area is 179 Å². The number of carbonyl (C=O) groups is 2. The van der Waals surface area contributed by atoms with E-state index in [1.165, 1.54) is 31.5 Å². The molecule has 5 N–H and O–H groups in total. The first-order chi connectivity index (χ1) is 14.4. The summed E-state index contributed by atoms with van der Waals surface area (Å²) in [6, 6.07) is 12.1. The van der Waals surface area contributed by atoms with Crippen LogP contribution in [0.25, 0.3) is 0 Å². The second kappa shape index (κ2) is 9.84. The summed E-state index contributed by atoms with van der Waals surface area (Å²) >= 11 is 1.52. The number of thioether (sulfide) groups is 1. The fourth-order valence-electron chi connectivity index (χ4n) is 3.01. The van der Waals surface area contributed by atoms with Crippen LogP contribution in [0.4, 0.5) is 0 Å². The van der Waals surface area contributed by atoms with Gasteiger partial charge in [0.25, 0.3) is 5.91 Å². The summed E-state index contributed by atoms with van der Waals surface area (Å²) in [6.45, 7) is 2.04. The van der Waals surface area contributed by atoms with Crippen molar-refractivity contribution < 1.29 is 19.1 Å². The van der Waals surface area contributed by atoms with E-state index >= 15 is 0 Å². The summed E-state index contributed by atoms with van der Waals surface area (Å²) in [5.74, 6) is 0.883. The maximum atomic E-state index is 12.6. The average Bonchev–Trinajstić information content (AvgIpc) is 2.75. The quantitative estimate of drug-likeness (QED) is 0.524. The zero-order valence-electron chi connectivity index (χ0n) is 17.1. The molecular weight excluding hydrogens is 404 g/mol. The third kappa shape index (κ3) is 5.24. The number of amides is 2. The first-order valence-electron chi connectivity index (χ1n) is 9.43. The molecule has 0 aliphatic carbocycles. The van der Waals surface area contributed by atoms with E-state index in [1.54, 1.807) is 18.2 Å². The number of aryl methyl sites for hydroxylation is 1. The fraction of sp³-hybridized carbons (Fsp3) is 0.333. The monoisotopic (exact) mass is 430 g/mol. The number of benzene rings is 2. The molecule has 3 unspecified atom stereocenters. The highest BCUT2D eigenvalue weighted by Crippen LogP contribution is 2.27. The van der Waals surface area contributed by atoms with E-state index in [0.717, 1.165) is 5.56 Å². The van der Waals surface area contributed by atoms with Crippen LogP contribution in [-0.4, -0.2) is 43.7 Å². The lowest BCUT2D eigenvalue weighted by Crippen LogP contribution is -2.70. The highest BCUT2D eigenvalue weighted by molar-refractivity contribution is 7.99. The molecule has 0 aromatic heterocycles. The highest BCUT2D eigenvalue weighted by Gasteiger charge is 2.35. The van der Waals surface area contributed by atoms with Crippen molar-refractivity contribution in [2.75, 3.05) is 14.2 Å². The molecule has 0 saturated carbocycles. The third-order valence-corrected chi connectivity index (χ3v) is 5.82. The molecule has 160 valence electrons. The number of carbonyl (C=O) groups excluding carboxylic acids is 2. The fourth-order valence-corrected chi connectivity index (χ4v) is 4.01. The van der Waals surface area contributed by atoms with Gasteiger partial charge >= 0.3 is 0 Å². The van der Waals surface area contributed by atoms with Gasteiger partial charge in [0.1, 0.15) is 11.5 Å². The van der Waals surface area contributed by atoms with Crippen LogP contribution in [0.1, 0.15) is 21.5 Å². The molecule has 0 bridgehead atoms. The standard InChI is InChI=1S/C21H26N4O4S/c1-12-4-6-13(7-5-12)11-30-21-24-18(22)17(20(27)25-21)23-19(26)14-8-9-15(28-2)16(10-14)29-3/h4-10,17-18,21,24H,11,22H2,1-3H3,(H,23,26)(H,25,27). The van der Waals surface area contributed by atoms with Gasteiger partial charge in [-0.05, 0) is 30.7 Å². The minimum atomic E-state index is -0.901. The SMILES string of the molecule is COc1ccc(C(=O)NC2C(=O)NC(SCc3ccc(C)cc3)NC2N)cc1OC. The van der Waals surface area contributed by atoms with Crippen LogP contribution in [-0.2, 0) is 10.5 Å². The van der Waals surface area contributed by atoms with Gasteiger partial charge in [-0.25, -0.2) is 0 Å². The number of rotatable bonds is 7. The summed E-state index contributed by atoms with van der Waals surface area (Å²) in [5, 5.41) is 8.66. The Morgan fingerprint density at radius 3 is 2.47 bits per heavy atom. The summed E-state index contributed by atoms with van der Waals surface area (Å²) < 4.78 is 10.4. The van der Waals surface area contributed by atoms with Crippen molar-refractivity contribution in [1.82, 2.24) is 16.0 Å². The Bertz CT molecular complexity index is 906. The Morgan fingerprint density at radius 1 is 1.13 bits per heavy atom. The molecule has 1 saturated heterocycles. The maximum Gasteiger partial charge on any atom is 0.252 e. The Kier molecular flexibility index (Phi) is 7.20. The lowest BCUT2D eigenvalue weighted by Gasteiger charge is -2.35. The van der Waals surface area contributed by atoms with E-state index in [4.69, 9.17) is 15.2 Å². The number of methoxy groups -OCH3 is 2. The van der Waals surface area contributed by atoms with Crippen LogP contribution in [0.5, 0.6) is 11.5 Å². The molecule has 2 aromatic carbocycles. The predicted molar refractivity (Wildman–Crippen MR) is 116 cm³/mol. The Morgan fingerprint density at radius 2 is 1.83 bits per heavy atom. The van der Waals surface area contributed by atoms with E-state index < -0.39 is 18.1 Å². The van der Waals surface area contributed by atoms with Gasteiger partial charge in [-0.3, -0.25) is 14.9 Å². The van der Waals surface area contributed by atoms with Crippen molar-refractivity contribution in [2.45, 2.75) is 30.4 Å². The number of nitrogens with one attached hydrogen (secondary N) is 3. The van der Waals surface area contributed by atoms with E-state index in [9.17, 15) is 9.59 Å². The summed E-state index contributed by atoms with van der Waals surface area (Å²) in [6.07, 6.45) is -0.724. The second-order valence-electron chi connectivity index (χ2n) is 6.90. The molecule has 1 aliphatic rings. The van der Waals surface area contributed by atoms with Crippen LogP contribution in [0.3, 0.4) is 0 Å².